The van der Waals surface area contributed by atoms with E-state index in [0.29, 0.717) is 31.3 Å². The number of carbonyl (C=O) groups is 2. The average molecular weight is 523 g/mol. The lowest BCUT2D eigenvalue weighted by Crippen LogP contribution is -2.36. The van der Waals surface area contributed by atoms with Crippen LogP contribution in [0.2, 0.25) is 5.02 Å². The molecule has 2 unspecified atom stereocenters. The van der Waals surface area contributed by atoms with E-state index < -0.39 is 11.9 Å². The summed E-state index contributed by atoms with van der Waals surface area (Å²) in [4.78, 5) is 33.6. The van der Waals surface area contributed by atoms with Crippen LogP contribution in [0.1, 0.15) is 28.4 Å². The average Bonchev–Trinajstić information content (AvgIpc) is 3.47. The summed E-state index contributed by atoms with van der Waals surface area (Å²) in [5.74, 6) is -0.0329. The molecule has 3 heterocycles. The van der Waals surface area contributed by atoms with E-state index in [2.05, 4.69) is 15.2 Å². The summed E-state index contributed by atoms with van der Waals surface area (Å²) in [6, 6.07) is 19.0. The lowest BCUT2D eigenvalue weighted by molar-refractivity contribution is 0.0769. The molecular weight excluding hydrogens is 495 g/mol. The molecular formula is C28H28ClFN4O3. The Labute approximate surface area is 220 Å². The Kier molecular flexibility index (Phi) is 7.67. The second kappa shape index (κ2) is 11.3. The molecule has 192 valence electrons. The second-order valence-corrected chi connectivity index (χ2v) is 9.95. The maximum Gasteiger partial charge on any atom is 0.414 e. The van der Waals surface area contributed by atoms with Crippen LogP contribution in [0.15, 0.2) is 72.9 Å². The number of halogens is 2. The van der Waals surface area contributed by atoms with Gasteiger partial charge in [0.1, 0.15) is 5.82 Å². The van der Waals surface area contributed by atoms with Crippen molar-refractivity contribution in [3.05, 3.63) is 94.9 Å². The fourth-order valence-corrected chi connectivity index (χ4v) is 5.54. The topological polar surface area (TPSA) is 74.8 Å². The highest BCUT2D eigenvalue weighted by atomic mass is 35.5. The fourth-order valence-electron chi connectivity index (χ4n) is 5.29. The fraction of sp³-hybridized carbons (Fsp3) is 0.321. The van der Waals surface area contributed by atoms with E-state index in [1.165, 1.54) is 12.1 Å². The summed E-state index contributed by atoms with van der Waals surface area (Å²) < 4.78 is 19.6. The molecule has 9 heteroatoms. The van der Waals surface area contributed by atoms with Gasteiger partial charge < -0.3 is 19.9 Å². The van der Waals surface area contributed by atoms with Crippen molar-refractivity contribution in [2.24, 2.45) is 11.8 Å². The molecule has 0 bridgehead atoms. The smallest absolute Gasteiger partial charge is 0.391 e. The first-order valence-electron chi connectivity index (χ1n) is 12.4. The van der Waals surface area contributed by atoms with Crippen molar-refractivity contribution in [2.45, 2.75) is 12.5 Å². The van der Waals surface area contributed by atoms with Gasteiger partial charge in [-0.15, -0.1) is 0 Å². The number of nitrogens with zero attached hydrogens (tertiary/aromatic N) is 3. The summed E-state index contributed by atoms with van der Waals surface area (Å²) in [7, 11) is 0. The molecule has 0 spiro atoms. The minimum atomic E-state index is -0.586. The Bertz CT molecular complexity index is 1210. The van der Waals surface area contributed by atoms with Crippen molar-refractivity contribution in [2.75, 3.05) is 32.7 Å². The van der Waals surface area contributed by atoms with Gasteiger partial charge in [0.05, 0.1) is 16.6 Å². The van der Waals surface area contributed by atoms with Crippen LogP contribution in [0, 0.1) is 17.7 Å². The normalized spacial score (nSPS) is 19.9. The molecule has 1 N–H and O–H groups in total. The molecule has 1 aromatic heterocycles. The number of fused-ring (bicyclic) bond motifs is 1. The minimum absolute atomic E-state index is 0.0460. The van der Waals surface area contributed by atoms with Crippen LogP contribution in [-0.2, 0) is 0 Å². The molecule has 5 rings (SSSR count). The van der Waals surface area contributed by atoms with Gasteiger partial charge in [-0.3, -0.25) is 4.79 Å². The highest BCUT2D eigenvalue weighted by Gasteiger charge is 2.42. The van der Waals surface area contributed by atoms with E-state index >= 15 is 0 Å². The minimum Gasteiger partial charge on any atom is -0.391 e. The number of amides is 2. The molecule has 7 nitrogen and oxygen atoms in total. The van der Waals surface area contributed by atoms with Gasteiger partial charge in [0.25, 0.3) is 5.91 Å². The quantitative estimate of drug-likeness (QED) is 0.482. The number of benzene rings is 2. The largest absolute Gasteiger partial charge is 0.414 e. The predicted octanol–water partition coefficient (Wildman–Crippen LogP) is 4.80. The lowest BCUT2D eigenvalue weighted by Gasteiger charge is -2.25. The molecule has 0 saturated carbocycles. The van der Waals surface area contributed by atoms with E-state index in [1.54, 1.807) is 35.4 Å². The first-order valence-corrected chi connectivity index (χ1v) is 12.8. The molecule has 2 amide bonds. The second-order valence-electron chi connectivity index (χ2n) is 9.54. The third-order valence-electron chi connectivity index (χ3n) is 7.09. The van der Waals surface area contributed by atoms with Gasteiger partial charge in [-0.05, 0) is 42.0 Å². The molecule has 0 radical (unpaired) electrons. The molecule has 0 aliphatic carbocycles. The Morgan fingerprint density at radius 3 is 2.41 bits per heavy atom. The Morgan fingerprint density at radius 2 is 1.73 bits per heavy atom. The van der Waals surface area contributed by atoms with Crippen LogP contribution in [0.3, 0.4) is 0 Å². The SMILES string of the molecule is O=C(NC(CCN1CC2CN(C(=O)c3c(F)cccc3Cl)C[C@@H]2C1)c1ccccc1)Oc1ccccn1. The summed E-state index contributed by atoms with van der Waals surface area (Å²) in [6.07, 6.45) is 1.72. The number of pyridine rings is 1. The van der Waals surface area contributed by atoms with E-state index in [9.17, 15) is 14.0 Å². The summed E-state index contributed by atoms with van der Waals surface area (Å²) in [5.41, 5.74) is 0.953. The number of rotatable bonds is 7. The number of carbonyl (C=O) groups excluding carboxylic acids is 2. The Morgan fingerprint density at radius 1 is 1.00 bits per heavy atom. The summed E-state index contributed by atoms with van der Waals surface area (Å²) >= 11 is 6.11. The highest BCUT2D eigenvalue weighted by Crippen LogP contribution is 2.33. The van der Waals surface area contributed by atoms with E-state index in [1.807, 2.05) is 30.3 Å². The van der Waals surface area contributed by atoms with Crippen molar-refractivity contribution in [1.29, 1.82) is 0 Å². The van der Waals surface area contributed by atoms with E-state index in [-0.39, 0.29) is 28.4 Å². The van der Waals surface area contributed by atoms with Gasteiger partial charge in [0.15, 0.2) is 0 Å². The van der Waals surface area contributed by atoms with Gasteiger partial charge in [-0.1, -0.05) is 54.1 Å². The third kappa shape index (κ3) is 5.92. The maximum atomic E-state index is 14.3. The number of ether oxygens (including phenoxy) is 1. The van der Waals surface area contributed by atoms with Crippen LogP contribution in [-0.4, -0.2) is 59.5 Å². The standard InChI is InChI=1S/C28H28ClFN4O3/c29-22-9-6-10-23(30)26(22)27(35)34-17-20-15-33(16-21(20)18-34)14-12-24(19-7-2-1-3-8-19)32-28(36)37-25-11-4-5-13-31-25/h1-11,13,20-21,24H,12,14-18H2,(H,32,36)/t20-,21?,24?/m0/s1. The van der Waals surface area contributed by atoms with Gasteiger partial charge in [0, 0.05) is 45.0 Å². The number of hydrogen-bond acceptors (Lipinski definition) is 5. The predicted molar refractivity (Wildman–Crippen MR) is 138 cm³/mol. The highest BCUT2D eigenvalue weighted by molar-refractivity contribution is 6.33. The van der Waals surface area contributed by atoms with E-state index in [4.69, 9.17) is 16.3 Å². The Balaban J connectivity index is 1.17. The van der Waals surface area contributed by atoms with E-state index in [0.717, 1.165) is 25.2 Å². The first kappa shape index (κ1) is 25.2. The van der Waals surface area contributed by atoms with Gasteiger partial charge >= 0.3 is 6.09 Å². The monoisotopic (exact) mass is 522 g/mol. The van der Waals surface area contributed by atoms with Crippen molar-refractivity contribution in [3.63, 3.8) is 0 Å². The molecule has 2 aliphatic heterocycles. The van der Waals surface area contributed by atoms with Crippen LogP contribution >= 0.6 is 11.6 Å². The molecule has 2 saturated heterocycles. The summed E-state index contributed by atoms with van der Waals surface area (Å²) in [5, 5.41) is 3.12. The molecule has 3 atom stereocenters. The molecule has 2 aromatic carbocycles. The Hall–Kier alpha value is -3.49. The van der Waals surface area contributed by atoms with Gasteiger partial charge in [-0.25, -0.2) is 14.2 Å². The van der Waals surface area contributed by atoms with Crippen molar-refractivity contribution < 1.29 is 18.7 Å². The number of nitrogens with one attached hydrogen (secondary N) is 1. The van der Waals surface area contributed by atoms with Crippen molar-refractivity contribution in [3.8, 4) is 5.88 Å². The van der Waals surface area contributed by atoms with Crippen LogP contribution in [0.4, 0.5) is 9.18 Å². The molecule has 3 aromatic rings. The number of likely N-dealkylation sites (tertiary alicyclic amines) is 2. The number of aromatic nitrogens is 1. The van der Waals surface area contributed by atoms with Crippen molar-refractivity contribution in [1.82, 2.24) is 20.1 Å². The van der Waals surface area contributed by atoms with Gasteiger partial charge in [-0.2, -0.15) is 0 Å². The first-order chi connectivity index (χ1) is 18.0. The van der Waals surface area contributed by atoms with Gasteiger partial charge in [0.2, 0.25) is 5.88 Å². The van der Waals surface area contributed by atoms with Crippen LogP contribution < -0.4 is 10.1 Å². The zero-order chi connectivity index (χ0) is 25.8. The third-order valence-corrected chi connectivity index (χ3v) is 7.40. The molecule has 37 heavy (non-hydrogen) atoms. The van der Waals surface area contributed by atoms with Crippen molar-refractivity contribution >= 4 is 23.6 Å². The summed E-state index contributed by atoms with van der Waals surface area (Å²) in [6.45, 7) is 3.64. The molecule has 2 fully saturated rings. The molecule has 2 aliphatic rings. The lowest BCUT2D eigenvalue weighted by atomic mass is 10.0. The van der Waals surface area contributed by atoms with Crippen LogP contribution in [0.5, 0.6) is 5.88 Å². The van der Waals surface area contributed by atoms with Crippen LogP contribution in [0.25, 0.3) is 0 Å². The zero-order valence-corrected chi connectivity index (χ0v) is 21.0. The zero-order valence-electron chi connectivity index (χ0n) is 20.2. The number of hydrogen-bond donors (Lipinski definition) is 1. The maximum absolute atomic E-state index is 14.3.